The Hall–Kier alpha value is -4.77. The molecule has 4 aromatic carbocycles. The van der Waals surface area contributed by atoms with E-state index >= 15 is 0 Å². The molecule has 0 bridgehead atoms. The Morgan fingerprint density at radius 3 is 1.46 bits per heavy atom. The Bertz CT molecular complexity index is 1530. The van der Waals surface area contributed by atoms with Crippen molar-refractivity contribution in [3.63, 3.8) is 0 Å². The maximum Gasteiger partial charge on any atom is 0.303 e. The number of carboxylic acids is 2. The van der Waals surface area contributed by atoms with E-state index in [1.807, 2.05) is 97.9 Å². The lowest BCUT2D eigenvalue weighted by Gasteiger charge is -2.24. The highest BCUT2D eigenvalue weighted by atomic mass is 16.4. The molecule has 0 heterocycles. The van der Waals surface area contributed by atoms with Gasteiger partial charge >= 0.3 is 11.9 Å². The summed E-state index contributed by atoms with van der Waals surface area (Å²) in [6.45, 7) is 1.96. The quantitative estimate of drug-likeness (QED) is 0.231. The van der Waals surface area contributed by atoms with Crippen molar-refractivity contribution >= 4 is 23.3 Å². The highest BCUT2D eigenvalue weighted by molar-refractivity contribution is 6.19. The summed E-state index contributed by atoms with van der Waals surface area (Å²) in [6, 6.07) is 27.2. The Kier molecular flexibility index (Phi) is 7.24. The standard InChI is InChI=1S/C34H28O5/c1-2-25-28-15-11-23(26-9-5-3-7-21(26)13-17-32(35)36)19-30(28)34(39)31-20-24(12-16-29(25)31)27-10-6-4-8-22(27)14-18-33(37)38/h2-12,15-16,19-20H,13-14,17-18H2,1H3,(H,35,36)(H,37,38). The van der Waals surface area contributed by atoms with Gasteiger partial charge in [0, 0.05) is 24.0 Å². The second-order valence-corrected chi connectivity index (χ2v) is 9.65. The van der Waals surface area contributed by atoms with Crippen LogP contribution in [-0.2, 0) is 22.4 Å². The SMILES string of the molecule is CC=C1c2ccc(-c3ccccc3CCC(=O)O)cc2C(=O)c2cc(-c3ccccc3CCC(=O)O)ccc21. The molecule has 0 amide bonds. The monoisotopic (exact) mass is 516 g/mol. The van der Waals surface area contributed by atoms with Gasteiger partial charge in [0.2, 0.25) is 0 Å². The molecule has 0 radical (unpaired) electrons. The fraction of sp³-hybridized carbons (Fsp3) is 0.147. The molecule has 4 aromatic rings. The Morgan fingerprint density at radius 1 is 0.615 bits per heavy atom. The molecule has 0 spiro atoms. The third-order valence-corrected chi connectivity index (χ3v) is 7.27. The molecular weight excluding hydrogens is 488 g/mol. The summed E-state index contributed by atoms with van der Waals surface area (Å²) in [5.41, 5.74) is 9.38. The van der Waals surface area contributed by atoms with Crippen LogP contribution in [0.4, 0.5) is 0 Å². The first-order chi connectivity index (χ1) is 18.9. The van der Waals surface area contributed by atoms with Gasteiger partial charge in [0.25, 0.3) is 0 Å². The van der Waals surface area contributed by atoms with Crippen LogP contribution in [0.5, 0.6) is 0 Å². The number of aryl methyl sites for hydroxylation is 2. The van der Waals surface area contributed by atoms with Crippen LogP contribution < -0.4 is 0 Å². The molecule has 0 aromatic heterocycles. The molecule has 0 saturated heterocycles. The van der Waals surface area contributed by atoms with Crippen molar-refractivity contribution in [2.75, 3.05) is 0 Å². The van der Waals surface area contributed by atoms with Crippen LogP contribution in [-0.4, -0.2) is 27.9 Å². The van der Waals surface area contributed by atoms with Crippen molar-refractivity contribution in [2.45, 2.75) is 32.6 Å². The lowest BCUT2D eigenvalue weighted by atomic mass is 9.78. The number of hydrogen-bond acceptors (Lipinski definition) is 3. The van der Waals surface area contributed by atoms with Crippen molar-refractivity contribution < 1.29 is 24.6 Å². The van der Waals surface area contributed by atoms with Gasteiger partial charge in [0.1, 0.15) is 0 Å². The van der Waals surface area contributed by atoms with Gasteiger partial charge in [-0.1, -0.05) is 78.9 Å². The van der Waals surface area contributed by atoms with Crippen molar-refractivity contribution in [3.05, 3.63) is 124 Å². The molecule has 0 atom stereocenters. The number of aliphatic carboxylic acids is 2. The topological polar surface area (TPSA) is 91.7 Å². The van der Waals surface area contributed by atoms with Gasteiger partial charge in [-0.25, -0.2) is 0 Å². The van der Waals surface area contributed by atoms with Gasteiger partial charge in [-0.05, 0) is 82.0 Å². The highest BCUT2D eigenvalue weighted by Gasteiger charge is 2.28. The van der Waals surface area contributed by atoms with E-state index in [0.717, 1.165) is 50.1 Å². The van der Waals surface area contributed by atoms with Crippen LogP contribution in [0.3, 0.4) is 0 Å². The summed E-state index contributed by atoms with van der Waals surface area (Å²) >= 11 is 0. The van der Waals surface area contributed by atoms with Gasteiger partial charge in [-0.15, -0.1) is 0 Å². The summed E-state index contributed by atoms with van der Waals surface area (Å²) in [5, 5.41) is 18.4. The Labute approximate surface area is 227 Å². The second-order valence-electron chi connectivity index (χ2n) is 9.65. The summed E-state index contributed by atoms with van der Waals surface area (Å²) in [4.78, 5) is 36.3. The lowest BCUT2D eigenvalue weighted by Crippen LogP contribution is -2.15. The van der Waals surface area contributed by atoms with E-state index in [0.29, 0.717) is 24.0 Å². The zero-order valence-corrected chi connectivity index (χ0v) is 21.6. The normalized spacial score (nSPS) is 12.0. The minimum absolute atomic E-state index is 0.0354. The molecule has 194 valence electrons. The van der Waals surface area contributed by atoms with Gasteiger partial charge in [-0.3, -0.25) is 14.4 Å². The summed E-state index contributed by atoms with van der Waals surface area (Å²) in [7, 11) is 0. The van der Waals surface area contributed by atoms with E-state index in [9.17, 15) is 24.6 Å². The number of carbonyl (C=O) groups excluding carboxylic acids is 1. The minimum atomic E-state index is -0.847. The molecule has 39 heavy (non-hydrogen) atoms. The minimum Gasteiger partial charge on any atom is -0.481 e. The van der Waals surface area contributed by atoms with Crippen molar-refractivity contribution in [3.8, 4) is 22.3 Å². The van der Waals surface area contributed by atoms with E-state index in [-0.39, 0.29) is 18.6 Å². The van der Waals surface area contributed by atoms with Gasteiger partial charge in [0.05, 0.1) is 0 Å². The molecule has 2 N–H and O–H groups in total. The average molecular weight is 517 g/mol. The van der Waals surface area contributed by atoms with E-state index in [1.54, 1.807) is 0 Å². The van der Waals surface area contributed by atoms with Crippen LogP contribution in [0, 0.1) is 0 Å². The fourth-order valence-electron chi connectivity index (χ4n) is 5.39. The smallest absolute Gasteiger partial charge is 0.303 e. The molecular formula is C34H28O5. The van der Waals surface area contributed by atoms with Gasteiger partial charge in [-0.2, -0.15) is 0 Å². The number of allylic oxidation sites excluding steroid dienone is 1. The zero-order chi connectivity index (χ0) is 27.5. The first kappa shape index (κ1) is 25.9. The molecule has 1 aliphatic carbocycles. The van der Waals surface area contributed by atoms with Gasteiger partial charge < -0.3 is 10.2 Å². The first-order valence-corrected chi connectivity index (χ1v) is 13.0. The molecule has 5 heteroatoms. The van der Waals surface area contributed by atoms with Crippen LogP contribution in [0.15, 0.2) is 91.0 Å². The van der Waals surface area contributed by atoms with E-state index < -0.39 is 11.9 Å². The number of benzene rings is 4. The predicted octanol–water partition coefficient (Wildman–Crippen LogP) is 7.05. The molecule has 5 rings (SSSR count). The summed E-state index contributed by atoms with van der Waals surface area (Å²) in [5.74, 6) is -1.76. The van der Waals surface area contributed by atoms with Crippen molar-refractivity contribution in [2.24, 2.45) is 0 Å². The lowest BCUT2D eigenvalue weighted by molar-refractivity contribution is -0.138. The van der Waals surface area contributed by atoms with E-state index in [2.05, 4.69) is 0 Å². The van der Waals surface area contributed by atoms with Crippen LogP contribution >= 0.6 is 0 Å². The molecule has 5 nitrogen and oxygen atoms in total. The molecule has 1 aliphatic rings. The maximum absolute atomic E-state index is 14.0. The Morgan fingerprint density at radius 2 is 1.05 bits per heavy atom. The van der Waals surface area contributed by atoms with Crippen molar-refractivity contribution in [1.82, 2.24) is 0 Å². The molecule has 0 unspecified atom stereocenters. The second kappa shape index (κ2) is 10.9. The number of rotatable bonds is 8. The zero-order valence-electron chi connectivity index (χ0n) is 21.6. The first-order valence-electron chi connectivity index (χ1n) is 13.0. The fourth-order valence-corrected chi connectivity index (χ4v) is 5.39. The number of carbonyl (C=O) groups is 3. The third kappa shape index (κ3) is 5.16. The number of ketones is 1. The molecule has 0 fully saturated rings. The van der Waals surface area contributed by atoms with E-state index in [4.69, 9.17) is 0 Å². The summed E-state index contributed by atoms with van der Waals surface area (Å²) < 4.78 is 0. The summed E-state index contributed by atoms with van der Waals surface area (Å²) in [6.07, 6.45) is 2.90. The number of carboxylic acid groups (broad SMARTS) is 2. The van der Waals surface area contributed by atoms with Crippen LogP contribution in [0.1, 0.15) is 57.9 Å². The third-order valence-electron chi connectivity index (χ3n) is 7.27. The molecule has 0 aliphatic heterocycles. The van der Waals surface area contributed by atoms with Crippen molar-refractivity contribution in [1.29, 1.82) is 0 Å². The highest BCUT2D eigenvalue weighted by Crippen LogP contribution is 2.40. The van der Waals surface area contributed by atoms with Gasteiger partial charge in [0.15, 0.2) is 5.78 Å². The maximum atomic E-state index is 14.0. The number of hydrogen-bond donors (Lipinski definition) is 2. The predicted molar refractivity (Wildman–Crippen MR) is 152 cm³/mol. The van der Waals surface area contributed by atoms with Crippen LogP contribution in [0.25, 0.3) is 27.8 Å². The average Bonchev–Trinajstić information content (AvgIpc) is 2.95. The Balaban J connectivity index is 1.58. The van der Waals surface area contributed by atoms with Crippen LogP contribution in [0.2, 0.25) is 0 Å². The largest absolute Gasteiger partial charge is 0.481 e. The number of fused-ring (bicyclic) bond motifs is 2. The molecule has 0 saturated carbocycles. The van der Waals surface area contributed by atoms with E-state index in [1.165, 1.54) is 0 Å².